The Labute approximate surface area is 105 Å². The fourth-order valence-electron chi connectivity index (χ4n) is 3.13. The molecule has 3 atom stereocenters. The van der Waals surface area contributed by atoms with Crippen molar-refractivity contribution in [2.24, 2.45) is 11.8 Å². The quantitative estimate of drug-likeness (QED) is 0.836. The second-order valence-electron chi connectivity index (χ2n) is 5.88. The molecule has 0 saturated heterocycles. The van der Waals surface area contributed by atoms with Crippen LogP contribution < -0.4 is 0 Å². The van der Waals surface area contributed by atoms with E-state index < -0.39 is 0 Å². The van der Waals surface area contributed by atoms with Gasteiger partial charge in [0.1, 0.15) is 0 Å². The summed E-state index contributed by atoms with van der Waals surface area (Å²) in [5.41, 5.74) is 1.45. The summed E-state index contributed by atoms with van der Waals surface area (Å²) in [7, 11) is 0. The second kappa shape index (κ2) is 5.68. The van der Waals surface area contributed by atoms with Crippen molar-refractivity contribution in [3.05, 3.63) is 35.9 Å². The van der Waals surface area contributed by atoms with Gasteiger partial charge in [-0.3, -0.25) is 0 Å². The lowest BCUT2D eigenvalue weighted by molar-refractivity contribution is 0.0508. The van der Waals surface area contributed by atoms with Crippen molar-refractivity contribution < 1.29 is 5.11 Å². The van der Waals surface area contributed by atoms with Gasteiger partial charge in [-0.25, -0.2) is 0 Å². The fourth-order valence-corrected chi connectivity index (χ4v) is 3.13. The van der Waals surface area contributed by atoms with Crippen LogP contribution in [0.2, 0.25) is 0 Å². The molecule has 1 saturated carbocycles. The Morgan fingerprint density at radius 1 is 1.18 bits per heavy atom. The van der Waals surface area contributed by atoms with Gasteiger partial charge < -0.3 is 5.11 Å². The second-order valence-corrected chi connectivity index (χ2v) is 5.88. The summed E-state index contributed by atoms with van der Waals surface area (Å²) in [6.45, 7) is 4.50. The molecular weight excluding hydrogens is 208 g/mol. The van der Waals surface area contributed by atoms with Gasteiger partial charge in [0.2, 0.25) is 0 Å². The highest BCUT2D eigenvalue weighted by molar-refractivity contribution is 5.20. The lowest BCUT2D eigenvalue weighted by atomic mass is 9.74. The molecule has 1 aromatic carbocycles. The van der Waals surface area contributed by atoms with Gasteiger partial charge in [0.25, 0.3) is 0 Å². The first kappa shape index (κ1) is 12.6. The number of aliphatic hydroxyl groups excluding tert-OH is 1. The van der Waals surface area contributed by atoms with Crippen molar-refractivity contribution in [2.75, 3.05) is 0 Å². The Bertz CT molecular complexity index is 331. The number of aliphatic hydroxyl groups is 1. The van der Waals surface area contributed by atoms with Crippen LogP contribution in [-0.2, 0) is 0 Å². The Morgan fingerprint density at radius 2 is 1.88 bits per heavy atom. The zero-order valence-electron chi connectivity index (χ0n) is 11.0. The molecular formula is C16H24O. The van der Waals surface area contributed by atoms with E-state index >= 15 is 0 Å². The maximum absolute atomic E-state index is 10.1. The van der Waals surface area contributed by atoms with Gasteiger partial charge in [-0.15, -0.1) is 0 Å². The Hall–Kier alpha value is -0.820. The predicted octanol–water partition coefficient (Wildman–Crippen LogP) is 3.98. The van der Waals surface area contributed by atoms with Crippen LogP contribution in [0.5, 0.6) is 0 Å². The summed E-state index contributed by atoms with van der Waals surface area (Å²) in [6, 6.07) is 10.8. The minimum atomic E-state index is -0.0719. The Balaban J connectivity index is 2.02. The van der Waals surface area contributed by atoms with E-state index in [0.29, 0.717) is 17.8 Å². The largest absolute Gasteiger partial charge is 0.393 e. The van der Waals surface area contributed by atoms with Crippen LogP contribution in [0.15, 0.2) is 30.3 Å². The maximum Gasteiger partial charge on any atom is 0.0568 e. The Kier molecular flexibility index (Phi) is 4.22. The highest BCUT2D eigenvalue weighted by Crippen LogP contribution is 2.38. The van der Waals surface area contributed by atoms with E-state index in [-0.39, 0.29) is 6.10 Å². The van der Waals surface area contributed by atoms with Crippen LogP contribution >= 0.6 is 0 Å². The monoisotopic (exact) mass is 232 g/mol. The third-order valence-corrected chi connectivity index (χ3v) is 3.99. The first-order chi connectivity index (χ1) is 8.16. The molecule has 1 heteroatoms. The molecule has 3 unspecified atom stereocenters. The normalized spacial score (nSPS) is 29.5. The predicted molar refractivity (Wildman–Crippen MR) is 72.0 cm³/mol. The zero-order valence-corrected chi connectivity index (χ0v) is 11.0. The standard InChI is InChI=1S/C16H24O/c1-12(2)10-15-11-14(8-9-16(15)17)13-6-4-3-5-7-13/h3-7,12,14-17H,8-11H2,1-2H3. The molecule has 1 aromatic rings. The van der Waals surface area contributed by atoms with Crippen molar-refractivity contribution >= 4 is 0 Å². The van der Waals surface area contributed by atoms with Crippen LogP contribution in [0.4, 0.5) is 0 Å². The highest BCUT2D eigenvalue weighted by Gasteiger charge is 2.30. The summed E-state index contributed by atoms with van der Waals surface area (Å²) < 4.78 is 0. The van der Waals surface area contributed by atoms with E-state index in [4.69, 9.17) is 0 Å². The highest BCUT2D eigenvalue weighted by atomic mass is 16.3. The molecule has 1 N–H and O–H groups in total. The molecule has 1 aliphatic rings. The zero-order chi connectivity index (χ0) is 12.3. The van der Waals surface area contributed by atoms with Gasteiger partial charge in [-0.05, 0) is 49.0 Å². The Morgan fingerprint density at radius 3 is 2.53 bits per heavy atom. The van der Waals surface area contributed by atoms with Gasteiger partial charge in [-0.1, -0.05) is 44.2 Å². The fraction of sp³-hybridized carbons (Fsp3) is 0.625. The van der Waals surface area contributed by atoms with Gasteiger partial charge in [0.15, 0.2) is 0 Å². The summed E-state index contributed by atoms with van der Waals surface area (Å²) in [6.07, 6.45) is 4.35. The molecule has 0 bridgehead atoms. The van der Waals surface area contributed by atoms with E-state index in [9.17, 15) is 5.11 Å². The van der Waals surface area contributed by atoms with Gasteiger partial charge in [0.05, 0.1) is 6.10 Å². The molecule has 17 heavy (non-hydrogen) atoms. The third-order valence-electron chi connectivity index (χ3n) is 3.99. The van der Waals surface area contributed by atoms with Crippen LogP contribution in [0, 0.1) is 11.8 Å². The van der Waals surface area contributed by atoms with Crippen LogP contribution in [-0.4, -0.2) is 11.2 Å². The number of benzene rings is 1. The topological polar surface area (TPSA) is 20.2 Å². The molecule has 2 rings (SSSR count). The average Bonchev–Trinajstić information content (AvgIpc) is 2.32. The molecule has 0 aliphatic heterocycles. The molecule has 0 heterocycles. The van der Waals surface area contributed by atoms with E-state index in [2.05, 4.69) is 44.2 Å². The molecule has 0 radical (unpaired) electrons. The van der Waals surface area contributed by atoms with E-state index in [1.807, 2.05) is 0 Å². The van der Waals surface area contributed by atoms with Crippen molar-refractivity contribution in [1.29, 1.82) is 0 Å². The van der Waals surface area contributed by atoms with E-state index in [1.165, 1.54) is 5.56 Å². The first-order valence-electron chi connectivity index (χ1n) is 6.90. The van der Waals surface area contributed by atoms with Crippen LogP contribution in [0.1, 0.15) is 51.0 Å². The molecule has 1 aliphatic carbocycles. The van der Waals surface area contributed by atoms with Crippen molar-refractivity contribution in [1.82, 2.24) is 0 Å². The lowest BCUT2D eigenvalue weighted by Gasteiger charge is -2.34. The summed E-state index contributed by atoms with van der Waals surface area (Å²) in [5, 5.41) is 10.1. The first-order valence-corrected chi connectivity index (χ1v) is 6.90. The van der Waals surface area contributed by atoms with Gasteiger partial charge in [0, 0.05) is 0 Å². The maximum atomic E-state index is 10.1. The number of rotatable bonds is 3. The minimum Gasteiger partial charge on any atom is -0.393 e. The molecule has 1 fully saturated rings. The van der Waals surface area contributed by atoms with E-state index in [0.717, 1.165) is 25.7 Å². The number of hydrogen-bond acceptors (Lipinski definition) is 1. The molecule has 94 valence electrons. The van der Waals surface area contributed by atoms with E-state index in [1.54, 1.807) is 0 Å². The SMILES string of the molecule is CC(C)CC1CC(c2ccccc2)CCC1O. The summed E-state index contributed by atoms with van der Waals surface area (Å²) in [4.78, 5) is 0. The summed E-state index contributed by atoms with van der Waals surface area (Å²) in [5.74, 6) is 1.83. The van der Waals surface area contributed by atoms with Gasteiger partial charge >= 0.3 is 0 Å². The molecule has 0 spiro atoms. The van der Waals surface area contributed by atoms with Crippen molar-refractivity contribution in [3.8, 4) is 0 Å². The average molecular weight is 232 g/mol. The summed E-state index contributed by atoms with van der Waals surface area (Å²) >= 11 is 0. The lowest BCUT2D eigenvalue weighted by Crippen LogP contribution is -2.29. The van der Waals surface area contributed by atoms with Gasteiger partial charge in [-0.2, -0.15) is 0 Å². The molecule has 1 nitrogen and oxygen atoms in total. The third kappa shape index (κ3) is 3.32. The van der Waals surface area contributed by atoms with Crippen molar-refractivity contribution in [3.63, 3.8) is 0 Å². The number of hydrogen-bond donors (Lipinski definition) is 1. The van der Waals surface area contributed by atoms with Crippen LogP contribution in [0.3, 0.4) is 0 Å². The van der Waals surface area contributed by atoms with Crippen LogP contribution in [0.25, 0.3) is 0 Å². The smallest absolute Gasteiger partial charge is 0.0568 e. The molecule has 0 aromatic heterocycles. The minimum absolute atomic E-state index is 0.0719. The molecule has 0 amide bonds. The van der Waals surface area contributed by atoms with Crippen molar-refractivity contribution in [2.45, 2.75) is 51.6 Å².